The first-order valence-electron chi connectivity index (χ1n) is 6.63. The molecule has 2 heterocycles. The van der Waals surface area contributed by atoms with Crippen molar-refractivity contribution < 1.29 is 9.59 Å². The van der Waals surface area contributed by atoms with Crippen molar-refractivity contribution in [3.63, 3.8) is 0 Å². The molecule has 0 bridgehead atoms. The molecule has 9 heteroatoms. The molecule has 118 valence electrons. The Morgan fingerprint density at radius 1 is 1.41 bits per heavy atom. The molecule has 0 spiro atoms. The second-order valence-electron chi connectivity index (χ2n) is 4.42. The summed E-state index contributed by atoms with van der Waals surface area (Å²) in [6.45, 7) is 2.65. The number of primary amides is 1. The zero-order chi connectivity index (χ0) is 16.1. The van der Waals surface area contributed by atoms with E-state index in [9.17, 15) is 9.59 Å². The predicted molar refractivity (Wildman–Crippen MR) is 90.3 cm³/mol. The molecule has 0 saturated carbocycles. The van der Waals surface area contributed by atoms with Crippen LogP contribution in [0.15, 0.2) is 21.1 Å². The number of carbonyl (C=O) groups excluding carboxylic acids is 2. The lowest BCUT2D eigenvalue weighted by Crippen LogP contribution is -2.13. The quantitative estimate of drug-likeness (QED) is 0.540. The number of rotatable bonds is 8. The largest absolute Gasteiger partial charge is 0.370 e. The number of Topliss-reactive ketones (excluding diaryl/α,β-unsaturated/α-hetero) is 1. The minimum Gasteiger partial charge on any atom is -0.370 e. The maximum absolute atomic E-state index is 12.1. The van der Waals surface area contributed by atoms with Crippen LogP contribution in [0.4, 0.5) is 0 Å². The van der Waals surface area contributed by atoms with Gasteiger partial charge >= 0.3 is 0 Å². The van der Waals surface area contributed by atoms with Gasteiger partial charge in [-0.15, -0.1) is 21.5 Å². The Kier molecular flexibility index (Phi) is 6.16. The Bertz CT molecular complexity index is 683. The number of thioether (sulfide) groups is 1. The average Bonchev–Trinajstić information content (AvgIpc) is 3.08. The SMILES string of the molecule is CCn1c(CCC(N)=O)nnc1SCC(=O)c1ccc(Br)s1. The number of carbonyl (C=O) groups is 2. The topological polar surface area (TPSA) is 90.9 Å². The molecule has 0 aromatic carbocycles. The highest BCUT2D eigenvalue weighted by Gasteiger charge is 2.15. The fourth-order valence-corrected chi connectivity index (χ4v) is 4.15. The molecule has 0 saturated heterocycles. The van der Waals surface area contributed by atoms with Gasteiger partial charge in [0.05, 0.1) is 14.4 Å². The number of nitrogens with zero attached hydrogens (tertiary/aromatic N) is 3. The number of halogens is 1. The molecule has 0 aliphatic carbocycles. The van der Waals surface area contributed by atoms with E-state index in [1.807, 2.05) is 17.6 Å². The fraction of sp³-hybridized carbons (Fsp3) is 0.385. The van der Waals surface area contributed by atoms with Gasteiger partial charge in [0, 0.05) is 19.4 Å². The molecule has 0 atom stereocenters. The molecule has 2 aromatic rings. The van der Waals surface area contributed by atoms with Gasteiger partial charge in [0.2, 0.25) is 5.91 Å². The van der Waals surface area contributed by atoms with Crippen molar-refractivity contribution in [1.82, 2.24) is 14.8 Å². The Hall–Kier alpha value is -1.19. The van der Waals surface area contributed by atoms with Crippen LogP contribution in [0.5, 0.6) is 0 Å². The van der Waals surface area contributed by atoms with Gasteiger partial charge in [-0.25, -0.2) is 0 Å². The third-order valence-electron chi connectivity index (χ3n) is 2.89. The monoisotopic (exact) mass is 402 g/mol. The number of nitrogens with two attached hydrogens (primary N) is 1. The number of thiophene rings is 1. The molecular formula is C13H15BrN4O2S2. The smallest absolute Gasteiger partial charge is 0.217 e. The van der Waals surface area contributed by atoms with Crippen molar-refractivity contribution in [3.8, 4) is 0 Å². The van der Waals surface area contributed by atoms with Crippen molar-refractivity contribution in [1.29, 1.82) is 0 Å². The molecule has 0 aliphatic rings. The highest BCUT2D eigenvalue weighted by Crippen LogP contribution is 2.25. The van der Waals surface area contributed by atoms with Crippen LogP contribution in [0.25, 0.3) is 0 Å². The van der Waals surface area contributed by atoms with Crippen molar-refractivity contribution in [2.24, 2.45) is 5.73 Å². The summed E-state index contributed by atoms with van der Waals surface area (Å²) in [6, 6.07) is 3.67. The van der Waals surface area contributed by atoms with Crippen LogP contribution in [-0.2, 0) is 17.8 Å². The molecule has 22 heavy (non-hydrogen) atoms. The van der Waals surface area contributed by atoms with Gasteiger partial charge in [0.1, 0.15) is 5.82 Å². The molecule has 0 fully saturated rings. The summed E-state index contributed by atoms with van der Waals surface area (Å²) in [7, 11) is 0. The summed E-state index contributed by atoms with van der Waals surface area (Å²) in [5.41, 5.74) is 5.15. The van der Waals surface area contributed by atoms with Crippen LogP contribution < -0.4 is 5.73 Å². The summed E-state index contributed by atoms with van der Waals surface area (Å²) in [4.78, 5) is 23.7. The van der Waals surface area contributed by atoms with E-state index in [0.717, 1.165) is 14.5 Å². The van der Waals surface area contributed by atoms with Crippen molar-refractivity contribution in [2.45, 2.75) is 31.5 Å². The number of hydrogen-bond acceptors (Lipinski definition) is 6. The molecule has 2 N–H and O–H groups in total. The van der Waals surface area contributed by atoms with Crippen LogP contribution in [-0.4, -0.2) is 32.2 Å². The number of aromatic nitrogens is 3. The second kappa shape index (κ2) is 7.89. The van der Waals surface area contributed by atoms with Crippen molar-refractivity contribution in [3.05, 3.63) is 26.6 Å². The lowest BCUT2D eigenvalue weighted by Gasteiger charge is -2.06. The van der Waals surface area contributed by atoms with Gasteiger partial charge in [-0.3, -0.25) is 9.59 Å². The molecule has 0 radical (unpaired) electrons. The van der Waals surface area contributed by atoms with Gasteiger partial charge < -0.3 is 10.3 Å². The lowest BCUT2D eigenvalue weighted by atomic mass is 10.3. The van der Waals surface area contributed by atoms with Gasteiger partial charge in [-0.05, 0) is 35.0 Å². The predicted octanol–water partition coefficient (Wildman–Crippen LogP) is 2.51. The first kappa shape index (κ1) is 17.2. The third-order valence-corrected chi connectivity index (χ3v) is 5.52. The maximum atomic E-state index is 12.1. The third kappa shape index (κ3) is 4.40. The van der Waals surface area contributed by atoms with E-state index in [-0.39, 0.29) is 18.1 Å². The van der Waals surface area contributed by atoms with Crippen molar-refractivity contribution >= 4 is 50.7 Å². The summed E-state index contributed by atoms with van der Waals surface area (Å²) >= 11 is 6.12. The van der Waals surface area contributed by atoms with E-state index in [1.165, 1.54) is 23.1 Å². The number of ketones is 1. The average molecular weight is 403 g/mol. The molecule has 6 nitrogen and oxygen atoms in total. The zero-order valence-electron chi connectivity index (χ0n) is 11.9. The van der Waals surface area contributed by atoms with Gasteiger partial charge in [0.25, 0.3) is 0 Å². The molecule has 1 amide bonds. The van der Waals surface area contributed by atoms with E-state index < -0.39 is 0 Å². The molecule has 0 aliphatic heterocycles. The van der Waals surface area contributed by atoms with Crippen LogP contribution in [0.2, 0.25) is 0 Å². The first-order valence-corrected chi connectivity index (χ1v) is 9.22. The van der Waals surface area contributed by atoms with Crippen LogP contribution in [0, 0.1) is 0 Å². The highest BCUT2D eigenvalue weighted by atomic mass is 79.9. The number of hydrogen-bond donors (Lipinski definition) is 1. The lowest BCUT2D eigenvalue weighted by molar-refractivity contribution is -0.118. The minimum absolute atomic E-state index is 0.0602. The van der Waals surface area contributed by atoms with Gasteiger partial charge in [-0.2, -0.15) is 0 Å². The Morgan fingerprint density at radius 2 is 2.18 bits per heavy atom. The molecule has 2 rings (SSSR count). The summed E-state index contributed by atoms with van der Waals surface area (Å²) in [5.74, 6) is 0.722. The van der Waals surface area contributed by atoms with Gasteiger partial charge in [0.15, 0.2) is 10.9 Å². The zero-order valence-corrected chi connectivity index (χ0v) is 15.1. The van der Waals surface area contributed by atoms with Crippen LogP contribution in [0.3, 0.4) is 0 Å². The Labute approximate surface area is 144 Å². The highest BCUT2D eigenvalue weighted by molar-refractivity contribution is 9.11. The second-order valence-corrected chi connectivity index (χ2v) is 7.83. The van der Waals surface area contributed by atoms with E-state index in [2.05, 4.69) is 26.1 Å². The van der Waals surface area contributed by atoms with Crippen LogP contribution >= 0.6 is 39.0 Å². The summed E-state index contributed by atoms with van der Waals surface area (Å²) in [6.07, 6.45) is 0.702. The van der Waals surface area contributed by atoms with Gasteiger partial charge in [-0.1, -0.05) is 11.8 Å². The van der Waals surface area contributed by atoms with E-state index in [4.69, 9.17) is 5.73 Å². The normalized spacial score (nSPS) is 10.8. The standard InChI is InChI=1S/C13H15BrN4O2S2/c1-2-18-12(6-5-11(15)20)16-17-13(18)21-7-8(19)9-3-4-10(14)22-9/h3-4H,2,5-7H2,1H3,(H2,15,20). The Morgan fingerprint density at radius 3 is 2.77 bits per heavy atom. The maximum Gasteiger partial charge on any atom is 0.217 e. The Balaban J connectivity index is 2.00. The van der Waals surface area contributed by atoms with E-state index in [1.54, 1.807) is 6.07 Å². The molecule has 2 aromatic heterocycles. The van der Waals surface area contributed by atoms with E-state index in [0.29, 0.717) is 23.9 Å². The minimum atomic E-state index is -0.363. The van der Waals surface area contributed by atoms with Crippen LogP contribution in [0.1, 0.15) is 28.8 Å². The fourth-order valence-electron chi connectivity index (χ4n) is 1.83. The number of aryl methyl sites for hydroxylation is 1. The summed E-state index contributed by atoms with van der Waals surface area (Å²) in [5, 5.41) is 8.87. The molecule has 0 unspecified atom stereocenters. The van der Waals surface area contributed by atoms with Crippen molar-refractivity contribution in [2.75, 3.05) is 5.75 Å². The van der Waals surface area contributed by atoms with E-state index >= 15 is 0 Å². The first-order chi connectivity index (χ1) is 10.5. The number of amides is 1. The molecular weight excluding hydrogens is 388 g/mol. The summed E-state index contributed by atoms with van der Waals surface area (Å²) < 4.78 is 2.84.